The summed E-state index contributed by atoms with van der Waals surface area (Å²) in [5.74, 6) is -0.964. The van der Waals surface area contributed by atoms with Gasteiger partial charge in [0.2, 0.25) is 0 Å². The third kappa shape index (κ3) is 5.09. The highest BCUT2D eigenvalue weighted by atomic mass is 79.9. The first-order valence-corrected chi connectivity index (χ1v) is 7.67. The van der Waals surface area contributed by atoms with E-state index in [9.17, 15) is 4.79 Å². The Morgan fingerprint density at radius 3 is 3.29 bits per heavy atom. The molecule has 0 aliphatic carbocycles. The van der Waals surface area contributed by atoms with E-state index in [1.807, 2.05) is 12.1 Å². The molecule has 1 N–H and O–H groups in total. The number of carboxylic acids is 1. The van der Waals surface area contributed by atoms with E-state index >= 15 is 0 Å². The maximum Gasteiger partial charge on any atom is 0.307 e. The van der Waals surface area contributed by atoms with Crippen molar-refractivity contribution in [3.8, 4) is 0 Å². The standard InChI is InChI=1S/C14H18BrN3O3/c15-13-11(3-1-5-16-13)9-17-21-8-7-18-6-2-4-12(10-18)14(19)20/h1,3,5,9,12H,2,4,6-8,10H2,(H,19,20)/b17-9+. The largest absolute Gasteiger partial charge is 0.481 e. The van der Waals surface area contributed by atoms with Gasteiger partial charge >= 0.3 is 5.97 Å². The molecule has 0 bridgehead atoms. The summed E-state index contributed by atoms with van der Waals surface area (Å²) in [5.41, 5.74) is 0.849. The van der Waals surface area contributed by atoms with Crippen LogP contribution in [0.1, 0.15) is 18.4 Å². The third-order valence-corrected chi connectivity index (χ3v) is 4.07. The fraction of sp³-hybridized carbons (Fsp3) is 0.500. The highest BCUT2D eigenvalue weighted by Crippen LogP contribution is 2.16. The Morgan fingerprint density at radius 1 is 1.67 bits per heavy atom. The van der Waals surface area contributed by atoms with Gasteiger partial charge in [-0.15, -0.1) is 0 Å². The van der Waals surface area contributed by atoms with Crippen molar-refractivity contribution >= 4 is 28.1 Å². The van der Waals surface area contributed by atoms with E-state index in [4.69, 9.17) is 9.94 Å². The van der Waals surface area contributed by atoms with Crippen LogP contribution in [-0.4, -0.2) is 53.4 Å². The fourth-order valence-electron chi connectivity index (χ4n) is 2.27. The summed E-state index contributed by atoms with van der Waals surface area (Å²) in [5, 5.41) is 12.9. The van der Waals surface area contributed by atoms with Gasteiger partial charge in [0, 0.05) is 24.8 Å². The van der Waals surface area contributed by atoms with E-state index in [-0.39, 0.29) is 5.92 Å². The second kappa shape index (κ2) is 8.09. The number of carbonyl (C=O) groups is 1. The number of oxime groups is 1. The number of hydrogen-bond acceptors (Lipinski definition) is 5. The van der Waals surface area contributed by atoms with Crippen LogP contribution in [0.2, 0.25) is 0 Å². The van der Waals surface area contributed by atoms with Crippen LogP contribution in [-0.2, 0) is 9.63 Å². The number of carboxylic acid groups (broad SMARTS) is 1. The van der Waals surface area contributed by atoms with Gasteiger partial charge in [-0.3, -0.25) is 9.69 Å². The SMILES string of the molecule is O=C(O)C1CCCN(CCO/N=C/c2cccnc2Br)C1. The molecule has 2 rings (SSSR count). The minimum atomic E-state index is -0.708. The predicted molar refractivity (Wildman–Crippen MR) is 82.3 cm³/mol. The van der Waals surface area contributed by atoms with Crippen LogP contribution >= 0.6 is 15.9 Å². The zero-order valence-electron chi connectivity index (χ0n) is 11.6. The molecule has 0 aromatic carbocycles. The summed E-state index contributed by atoms with van der Waals surface area (Å²) < 4.78 is 0.720. The number of nitrogens with zero attached hydrogens (tertiary/aromatic N) is 3. The lowest BCUT2D eigenvalue weighted by atomic mass is 9.98. The number of aromatic nitrogens is 1. The zero-order chi connectivity index (χ0) is 15.1. The number of piperidine rings is 1. The number of aliphatic carboxylic acids is 1. The van der Waals surface area contributed by atoms with Crippen molar-refractivity contribution in [1.82, 2.24) is 9.88 Å². The van der Waals surface area contributed by atoms with Gasteiger partial charge in [-0.25, -0.2) is 4.98 Å². The maximum absolute atomic E-state index is 11.0. The van der Waals surface area contributed by atoms with Crippen molar-refractivity contribution in [1.29, 1.82) is 0 Å². The monoisotopic (exact) mass is 355 g/mol. The summed E-state index contributed by atoms with van der Waals surface area (Å²) in [4.78, 5) is 22.4. The van der Waals surface area contributed by atoms with E-state index in [0.717, 1.165) is 29.6 Å². The molecule has 1 saturated heterocycles. The molecule has 0 radical (unpaired) electrons. The van der Waals surface area contributed by atoms with Crippen LogP contribution in [0.5, 0.6) is 0 Å². The van der Waals surface area contributed by atoms with Gasteiger partial charge in [0.25, 0.3) is 0 Å². The average Bonchev–Trinajstić information content (AvgIpc) is 2.49. The average molecular weight is 356 g/mol. The number of likely N-dealkylation sites (tertiary alicyclic amines) is 1. The van der Waals surface area contributed by atoms with E-state index in [0.29, 0.717) is 19.7 Å². The number of rotatable bonds is 6. The Morgan fingerprint density at radius 2 is 2.52 bits per heavy atom. The summed E-state index contributed by atoms with van der Waals surface area (Å²) in [6, 6.07) is 3.71. The van der Waals surface area contributed by atoms with E-state index in [1.165, 1.54) is 0 Å². The summed E-state index contributed by atoms with van der Waals surface area (Å²) in [7, 11) is 0. The van der Waals surface area contributed by atoms with Crippen LogP contribution in [0.4, 0.5) is 0 Å². The summed E-state index contributed by atoms with van der Waals surface area (Å²) in [6.45, 7) is 2.65. The van der Waals surface area contributed by atoms with Gasteiger partial charge in [-0.1, -0.05) is 5.16 Å². The van der Waals surface area contributed by atoms with Gasteiger partial charge in [0.1, 0.15) is 11.2 Å². The van der Waals surface area contributed by atoms with Crippen LogP contribution in [0.25, 0.3) is 0 Å². The molecule has 0 saturated carbocycles. The lowest BCUT2D eigenvalue weighted by molar-refractivity contribution is -0.143. The van der Waals surface area contributed by atoms with Crippen molar-refractivity contribution < 1.29 is 14.7 Å². The molecule has 6 nitrogen and oxygen atoms in total. The first-order valence-electron chi connectivity index (χ1n) is 6.88. The molecule has 2 heterocycles. The normalized spacial score (nSPS) is 19.8. The lowest BCUT2D eigenvalue weighted by Gasteiger charge is -2.29. The number of pyridine rings is 1. The second-order valence-electron chi connectivity index (χ2n) is 4.93. The van der Waals surface area contributed by atoms with Crippen molar-refractivity contribution in [3.05, 3.63) is 28.5 Å². The van der Waals surface area contributed by atoms with Gasteiger partial charge < -0.3 is 9.94 Å². The highest BCUT2D eigenvalue weighted by molar-refractivity contribution is 9.10. The molecule has 1 aromatic rings. The Kier molecular flexibility index (Phi) is 6.13. The van der Waals surface area contributed by atoms with Gasteiger partial charge in [-0.2, -0.15) is 0 Å². The van der Waals surface area contributed by atoms with E-state index < -0.39 is 5.97 Å². The minimum Gasteiger partial charge on any atom is -0.481 e. The molecule has 1 aromatic heterocycles. The molecule has 1 aliphatic rings. The molecule has 1 fully saturated rings. The molecule has 7 heteroatoms. The van der Waals surface area contributed by atoms with Crippen molar-refractivity contribution in [2.24, 2.45) is 11.1 Å². The molecular weight excluding hydrogens is 338 g/mol. The Bertz CT molecular complexity index is 510. The van der Waals surface area contributed by atoms with Crippen LogP contribution in [0.3, 0.4) is 0 Å². The van der Waals surface area contributed by atoms with Gasteiger partial charge in [-0.05, 0) is 47.4 Å². The quantitative estimate of drug-likeness (QED) is 0.365. The van der Waals surface area contributed by atoms with Gasteiger partial charge in [0.15, 0.2) is 0 Å². The molecule has 21 heavy (non-hydrogen) atoms. The Balaban J connectivity index is 1.70. The number of hydrogen-bond donors (Lipinski definition) is 1. The first kappa shape index (κ1) is 15.9. The molecule has 0 amide bonds. The highest BCUT2D eigenvalue weighted by Gasteiger charge is 2.24. The summed E-state index contributed by atoms with van der Waals surface area (Å²) in [6.07, 6.45) is 4.98. The van der Waals surface area contributed by atoms with E-state index in [2.05, 4.69) is 31.0 Å². The first-order chi connectivity index (χ1) is 10.2. The maximum atomic E-state index is 11.0. The fourth-order valence-corrected chi connectivity index (χ4v) is 2.62. The van der Waals surface area contributed by atoms with Crippen LogP contribution in [0, 0.1) is 5.92 Å². The van der Waals surface area contributed by atoms with Gasteiger partial charge in [0.05, 0.1) is 12.1 Å². The van der Waals surface area contributed by atoms with Crippen LogP contribution < -0.4 is 0 Å². The van der Waals surface area contributed by atoms with Crippen molar-refractivity contribution in [3.63, 3.8) is 0 Å². The second-order valence-corrected chi connectivity index (χ2v) is 5.68. The Hall–Kier alpha value is -1.47. The molecule has 114 valence electrons. The third-order valence-electron chi connectivity index (χ3n) is 3.41. The zero-order valence-corrected chi connectivity index (χ0v) is 13.2. The number of halogens is 1. The minimum absolute atomic E-state index is 0.256. The topological polar surface area (TPSA) is 75.0 Å². The molecule has 0 spiro atoms. The molecule has 1 unspecified atom stereocenters. The molecule has 1 atom stereocenters. The molecule has 1 aliphatic heterocycles. The van der Waals surface area contributed by atoms with Crippen molar-refractivity contribution in [2.45, 2.75) is 12.8 Å². The summed E-state index contributed by atoms with van der Waals surface area (Å²) >= 11 is 3.33. The predicted octanol–water partition coefficient (Wildman–Crippen LogP) is 1.99. The van der Waals surface area contributed by atoms with E-state index in [1.54, 1.807) is 12.4 Å². The Labute approximate surface area is 131 Å². The van der Waals surface area contributed by atoms with Crippen molar-refractivity contribution in [2.75, 3.05) is 26.2 Å². The van der Waals surface area contributed by atoms with Crippen LogP contribution in [0.15, 0.2) is 28.1 Å². The smallest absolute Gasteiger partial charge is 0.307 e. The lowest BCUT2D eigenvalue weighted by Crippen LogP contribution is -2.40. The molecular formula is C14H18BrN3O3.